The third-order valence-corrected chi connectivity index (χ3v) is 1.21. The number of amides is 1. The van der Waals surface area contributed by atoms with E-state index in [0.717, 1.165) is 0 Å². The summed E-state index contributed by atoms with van der Waals surface area (Å²) in [6.07, 6.45) is -0.0143. The van der Waals surface area contributed by atoms with Gasteiger partial charge in [0.25, 0.3) is 0 Å². The van der Waals surface area contributed by atoms with Crippen LogP contribution in [-0.2, 0) is 14.3 Å². The molecule has 0 bridgehead atoms. The lowest BCUT2D eigenvalue weighted by Gasteiger charge is -2.21. The van der Waals surface area contributed by atoms with Crippen LogP contribution in [0.2, 0.25) is 0 Å². The van der Waals surface area contributed by atoms with Gasteiger partial charge in [-0.15, -0.1) is 0 Å². The first-order chi connectivity index (χ1) is 6.39. The summed E-state index contributed by atoms with van der Waals surface area (Å²) in [5, 5.41) is 2.37. The number of alkyl carbamates (subject to hydrolysis) is 1. The van der Waals surface area contributed by atoms with E-state index in [1.54, 1.807) is 20.8 Å². The van der Waals surface area contributed by atoms with E-state index < -0.39 is 17.7 Å². The highest BCUT2D eigenvalue weighted by Crippen LogP contribution is 2.06. The van der Waals surface area contributed by atoms with Gasteiger partial charge in [-0.1, -0.05) is 0 Å². The molecule has 0 aromatic rings. The summed E-state index contributed by atoms with van der Waals surface area (Å²) in [4.78, 5) is 21.6. The van der Waals surface area contributed by atoms with Gasteiger partial charge >= 0.3 is 6.09 Å². The van der Waals surface area contributed by atoms with Crippen LogP contribution in [0.4, 0.5) is 4.79 Å². The zero-order valence-corrected chi connectivity index (χ0v) is 8.99. The highest BCUT2D eigenvalue weighted by molar-refractivity contribution is 5.73. The monoisotopic (exact) mass is 205 g/mol. The molecule has 0 radical (unpaired) electrons. The van der Waals surface area contributed by atoms with Gasteiger partial charge in [-0.2, -0.15) is 0 Å². The fraction of sp³-hybridized carbons (Fsp3) is 0.778. The molecule has 0 unspecified atom stereocenters. The molecule has 1 N–H and O–H groups in total. The normalized spacial score (nSPS) is 13.1. The van der Waals surface area contributed by atoms with Crippen LogP contribution in [-0.4, -0.2) is 37.7 Å². The molecule has 5 heteroatoms. The number of ether oxygens (including phenoxy) is 2. The minimum absolute atomic E-state index is 0. The fourth-order valence-electron chi connectivity index (χ4n) is 0.753. The first kappa shape index (κ1) is 12.9. The molecule has 0 aliphatic heterocycles. The minimum Gasteiger partial charge on any atom is -0.444 e. The van der Waals surface area contributed by atoms with E-state index in [1.165, 1.54) is 7.11 Å². The van der Waals surface area contributed by atoms with Crippen LogP contribution in [0, 0.1) is 0 Å². The zero-order chi connectivity index (χ0) is 11.2. The van der Waals surface area contributed by atoms with Gasteiger partial charge in [0.2, 0.25) is 0 Å². The standard InChI is InChI=1S/C9H17NO4.H2/c1-9(2,3)14-8(12)10-7(5-11)6-13-4;/h5,7H,6H2,1-4H3,(H,10,12);1H/t7-;/m0./s1. The average molecular weight is 205 g/mol. The van der Waals surface area contributed by atoms with Crippen LogP contribution in [0.1, 0.15) is 22.2 Å². The lowest BCUT2D eigenvalue weighted by molar-refractivity contribution is -0.110. The number of carbonyl (C=O) groups excluding carboxylic acids is 2. The molecular formula is C9H19NO4. The first-order valence-corrected chi connectivity index (χ1v) is 4.33. The van der Waals surface area contributed by atoms with Gasteiger partial charge in [-0.3, -0.25) is 0 Å². The van der Waals surface area contributed by atoms with Crippen molar-refractivity contribution >= 4 is 12.4 Å². The van der Waals surface area contributed by atoms with Gasteiger partial charge in [0.05, 0.1) is 6.61 Å². The number of hydrogen-bond acceptors (Lipinski definition) is 4. The molecule has 0 saturated carbocycles. The lowest BCUT2D eigenvalue weighted by Crippen LogP contribution is -2.42. The highest BCUT2D eigenvalue weighted by atomic mass is 16.6. The Bertz CT molecular complexity index is 203. The number of methoxy groups -OCH3 is 1. The number of nitrogens with one attached hydrogen (secondary N) is 1. The van der Waals surface area contributed by atoms with E-state index in [0.29, 0.717) is 6.29 Å². The van der Waals surface area contributed by atoms with E-state index in [-0.39, 0.29) is 8.03 Å². The molecule has 0 aliphatic rings. The van der Waals surface area contributed by atoms with Gasteiger partial charge in [-0.05, 0) is 20.8 Å². The van der Waals surface area contributed by atoms with E-state index in [4.69, 9.17) is 9.47 Å². The van der Waals surface area contributed by atoms with Crippen molar-refractivity contribution in [3.8, 4) is 0 Å². The Hall–Kier alpha value is -1.10. The van der Waals surface area contributed by atoms with Crippen molar-refractivity contribution in [3.05, 3.63) is 0 Å². The zero-order valence-electron chi connectivity index (χ0n) is 8.99. The molecule has 84 valence electrons. The third-order valence-electron chi connectivity index (χ3n) is 1.21. The van der Waals surface area contributed by atoms with Crippen LogP contribution in [0.25, 0.3) is 0 Å². The number of rotatable bonds is 4. The average Bonchev–Trinajstić information content (AvgIpc) is 2.00. The topological polar surface area (TPSA) is 64.6 Å². The van der Waals surface area contributed by atoms with E-state index in [9.17, 15) is 9.59 Å². The maximum absolute atomic E-state index is 11.2. The Balaban J connectivity index is 0. The SMILES string of the molecule is COC[C@H](C=O)NC(=O)OC(C)(C)C.[HH]. The van der Waals surface area contributed by atoms with Gasteiger partial charge < -0.3 is 19.6 Å². The Labute approximate surface area is 85.2 Å². The summed E-state index contributed by atoms with van der Waals surface area (Å²) in [6, 6.07) is -0.658. The second kappa shape index (κ2) is 5.59. The molecule has 5 nitrogen and oxygen atoms in total. The molecular weight excluding hydrogens is 186 g/mol. The summed E-state index contributed by atoms with van der Waals surface area (Å²) >= 11 is 0. The molecule has 0 fully saturated rings. The Kier molecular flexibility index (Phi) is 5.15. The van der Waals surface area contributed by atoms with Crippen molar-refractivity contribution < 1.29 is 20.5 Å². The summed E-state index contributed by atoms with van der Waals surface area (Å²) in [6.45, 7) is 5.39. The smallest absolute Gasteiger partial charge is 0.408 e. The van der Waals surface area contributed by atoms with E-state index in [2.05, 4.69) is 5.32 Å². The van der Waals surface area contributed by atoms with Crippen molar-refractivity contribution in [1.29, 1.82) is 0 Å². The minimum atomic E-state index is -0.658. The molecule has 0 heterocycles. The molecule has 1 amide bonds. The molecule has 1 atom stereocenters. The predicted molar refractivity (Wildman–Crippen MR) is 53.2 cm³/mol. The second-order valence-electron chi connectivity index (χ2n) is 3.84. The Morgan fingerprint density at radius 3 is 2.50 bits per heavy atom. The molecule has 0 aromatic carbocycles. The van der Waals surface area contributed by atoms with Crippen LogP contribution in [0.5, 0.6) is 0 Å². The molecule has 0 spiro atoms. The van der Waals surface area contributed by atoms with E-state index >= 15 is 0 Å². The Morgan fingerprint density at radius 2 is 2.14 bits per heavy atom. The van der Waals surface area contributed by atoms with Crippen molar-refractivity contribution in [1.82, 2.24) is 5.32 Å². The summed E-state index contributed by atoms with van der Waals surface area (Å²) in [5.74, 6) is 0. The number of aldehydes is 1. The first-order valence-electron chi connectivity index (χ1n) is 4.33. The molecule has 14 heavy (non-hydrogen) atoms. The third kappa shape index (κ3) is 6.42. The van der Waals surface area contributed by atoms with Gasteiger partial charge in [-0.25, -0.2) is 4.79 Å². The lowest BCUT2D eigenvalue weighted by atomic mass is 10.2. The van der Waals surface area contributed by atoms with Crippen molar-refractivity contribution in [2.75, 3.05) is 13.7 Å². The maximum atomic E-state index is 11.2. The van der Waals surface area contributed by atoms with Crippen LogP contribution >= 0.6 is 0 Å². The van der Waals surface area contributed by atoms with E-state index in [1.807, 2.05) is 0 Å². The van der Waals surface area contributed by atoms with Gasteiger partial charge in [0.1, 0.15) is 17.9 Å². The predicted octanol–water partition coefficient (Wildman–Crippen LogP) is 0.971. The number of hydrogen-bond donors (Lipinski definition) is 1. The van der Waals surface area contributed by atoms with Crippen LogP contribution in [0.15, 0.2) is 0 Å². The molecule has 0 rings (SSSR count). The summed E-state index contributed by atoms with van der Waals surface area (Å²) in [7, 11) is 1.45. The van der Waals surface area contributed by atoms with Crippen LogP contribution < -0.4 is 5.32 Å². The van der Waals surface area contributed by atoms with Crippen molar-refractivity contribution in [3.63, 3.8) is 0 Å². The summed E-state index contributed by atoms with van der Waals surface area (Å²) < 4.78 is 9.68. The maximum Gasteiger partial charge on any atom is 0.408 e. The van der Waals surface area contributed by atoms with Crippen molar-refractivity contribution in [2.45, 2.75) is 32.4 Å². The van der Waals surface area contributed by atoms with Gasteiger partial charge in [0, 0.05) is 8.54 Å². The van der Waals surface area contributed by atoms with Gasteiger partial charge in [0.15, 0.2) is 0 Å². The quantitative estimate of drug-likeness (QED) is 0.694. The fourth-order valence-corrected chi connectivity index (χ4v) is 0.753. The molecule has 0 aromatic heterocycles. The number of carbonyl (C=O) groups is 2. The second-order valence-corrected chi connectivity index (χ2v) is 3.84. The largest absolute Gasteiger partial charge is 0.444 e. The van der Waals surface area contributed by atoms with Crippen molar-refractivity contribution in [2.24, 2.45) is 0 Å². The highest BCUT2D eigenvalue weighted by Gasteiger charge is 2.18. The van der Waals surface area contributed by atoms with Crippen LogP contribution in [0.3, 0.4) is 0 Å². The molecule has 0 saturated heterocycles. The summed E-state index contributed by atoms with van der Waals surface area (Å²) in [5.41, 5.74) is -0.565. The molecule has 0 aliphatic carbocycles. The Morgan fingerprint density at radius 1 is 1.57 bits per heavy atom.